The third-order valence-corrected chi connectivity index (χ3v) is 2.19. The molecular formula is C12H17F2N3O. The van der Waals surface area contributed by atoms with E-state index in [-0.39, 0.29) is 5.69 Å². The molecule has 4 nitrogen and oxygen atoms in total. The predicted molar refractivity (Wildman–Crippen MR) is 66.5 cm³/mol. The Morgan fingerprint density at radius 3 is 2.67 bits per heavy atom. The van der Waals surface area contributed by atoms with Gasteiger partial charge in [0.2, 0.25) is 0 Å². The Balaban J connectivity index is 2.31. The summed E-state index contributed by atoms with van der Waals surface area (Å²) in [7, 11) is 0. The second-order valence-electron chi connectivity index (χ2n) is 3.76. The maximum Gasteiger partial charge on any atom is 0.319 e. The molecule has 0 saturated carbocycles. The Labute approximate surface area is 105 Å². The summed E-state index contributed by atoms with van der Waals surface area (Å²) in [6, 6.07) is 2.47. The van der Waals surface area contributed by atoms with Crippen molar-refractivity contribution >= 4 is 11.7 Å². The van der Waals surface area contributed by atoms with Gasteiger partial charge in [0, 0.05) is 19.2 Å². The van der Waals surface area contributed by atoms with E-state index in [2.05, 4.69) is 16.0 Å². The summed E-state index contributed by atoms with van der Waals surface area (Å²) in [5.74, 6) is -1.48. The maximum absolute atomic E-state index is 13.2. The minimum Gasteiger partial charge on any atom is -0.337 e. The molecule has 0 aliphatic carbocycles. The van der Waals surface area contributed by atoms with Crippen molar-refractivity contribution in [2.75, 3.05) is 25.0 Å². The number of benzene rings is 1. The lowest BCUT2D eigenvalue weighted by Crippen LogP contribution is -2.35. The van der Waals surface area contributed by atoms with Crippen LogP contribution in [0, 0.1) is 11.6 Å². The van der Waals surface area contributed by atoms with Crippen molar-refractivity contribution in [1.82, 2.24) is 10.6 Å². The zero-order valence-corrected chi connectivity index (χ0v) is 10.2. The number of anilines is 1. The van der Waals surface area contributed by atoms with E-state index >= 15 is 0 Å². The molecule has 0 fully saturated rings. The van der Waals surface area contributed by atoms with Crippen molar-refractivity contribution in [1.29, 1.82) is 0 Å². The second kappa shape index (κ2) is 7.60. The molecule has 1 aromatic carbocycles. The van der Waals surface area contributed by atoms with E-state index in [0.29, 0.717) is 13.1 Å². The Bertz CT molecular complexity index is 399. The van der Waals surface area contributed by atoms with Gasteiger partial charge in [0.25, 0.3) is 0 Å². The highest BCUT2D eigenvalue weighted by atomic mass is 19.1. The highest BCUT2D eigenvalue weighted by Gasteiger charge is 2.06. The van der Waals surface area contributed by atoms with Gasteiger partial charge in [-0.1, -0.05) is 6.92 Å². The first-order chi connectivity index (χ1) is 8.63. The molecule has 100 valence electrons. The summed E-state index contributed by atoms with van der Waals surface area (Å²) in [4.78, 5) is 11.4. The number of hydrogen-bond donors (Lipinski definition) is 3. The van der Waals surface area contributed by atoms with Crippen LogP contribution >= 0.6 is 0 Å². The fourth-order valence-electron chi connectivity index (χ4n) is 1.32. The Morgan fingerprint density at radius 2 is 2.00 bits per heavy atom. The second-order valence-corrected chi connectivity index (χ2v) is 3.76. The van der Waals surface area contributed by atoms with Crippen LogP contribution in [0.15, 0.2) is 18.2 Å². The lowest BCUT2D eigenvalue weighted by molar-refractivity contribution is 0.252. The maximum atomic E-state index is 13.2. The minimum atomic E-state index is -0.797. The summed E-state index contributed by atoms with van der Waals surface area (Å²) in [5, 5.41) is 7.97. The summed E-state index contributed by atoms with van der Waals surface area (Å²) in [6.45, 7) is 4.02. The Kier molecular flexibility index (Phi) is 6.07. The van der Waals surface area contributed by atoms with Gasteiger partial charge in [-0.25, -0.2) is 13.6 Å². The SMILES string of the molecule is CCCNCCNC(=O)Nc1ccc(F)cc1F. The molecular weight excluding hydrogens is 240 g/mol. The molecule has 6 heteroatoms. The number of rotatable bonds is 6. The quantitative estimate of drug-likeness (QED) is 0.683. The molecule has 0 atom stereocenters. The molecule has 0 bridgehead atoms. The van der Waals surface area contributed by atoms with E-state index in [0.717, 1.165) is 25.1 Å². The summed E-state index contributed by atoms with van der Waals surface area (Å²) < 4.78 is 25.8. The highest BCUT2D eigenvalue weighted by molar-refractivity contribution is 5.89. The molecule has 3 N–H and O–H groups in total. The van der Waals surface area contributed by atoms with Gasteiger partial charge in [-0.2, -0.15) is 0 Å². The predicted octanol–water partition coefficient (Wildman–Crippen LogP) is 2.09. The summed E-state index contributed by atoms with van der Waals surface area (Å²) >= 11 is 0. The van der Waals surface area contributed by atoms with E-state index in [1.807, 2.05) is 6.92 Å². The van der Waals surface area contributed by atoms with Gasteiger partial charge in [0.15, 0.2) is 0 Å². The van der Waals surface area contributed by atoms with Crippen LogP contribution in [-0.2, 0) is 0 Å². The Morgan fingerprint density at radius 1 is 1.22 bits per heavy atom. The molecule has 0 saturated heterocycles. The Hall–Kier alpha value is -1.69. The van der Waals surface area contributed by atoms with Gasteiger partial charge in [0.05, 0.1) is 5.69 Å². The van der Waals surface area contributed by atoms with Gasteiger partial charge < -0.3 is 16.0 Å². The number of halogens is 2. The highest BCUT2D eigenvalue weighted by Crippen LogP contribution is 2.14. The lowest BCUT2D eigenvalue weighted by Gasteiger charge is -2.08. The number of carbonyl (C=O) groups is 1. The first-order valence-corrected chi connectivity index (χ1v) is 5.84. The van der Waals surface area contributed by atoms with E-state index in [1.165, 1.54) is 6.07 Å². The zero-order chi connectivity index (χ0) is 13.4. The van der Waals surface area contributed by atoms with Crippen LogP contribution in [0.25, 0.3) is 0 Å². The minimum absolute atomic E-state index is 0.0459. The molecule has 0 aromatic heterocycles. The monoisotopic (exact) mass is 257 g/mol. The molecule has 1 aromatic rings. The average Bonchev–Trinajstić information content (AvgIpc) is 2.32. The standard InChI is InChI=1S/C12H17F2N3O/c1-2-5-15-6-7-16-12(18)17-11-4-3-9(13)8-10(11)14/h3-4,8,15H,2,5-7H2,1H3,(H2,16,17,18). The van der Waals surface area contributed by atoms with Gasteiger partial charge >= 0.3 is 6.03 Å². The summed E-state index contributed by atoms with van der Waals surface area (Å²) in [5.41, 5.74) is -0.0459. The molecule has 18 heavy (non-hydrogen) atoms. The van der Waals surface area contributed by atoms with Gasteiger partial charge in [0.1, 0.15) is 11.6 Å². The van der Waals surface area contributed by atoms with Crippen molar-refractivity contribution in [3.05, 3.63) is 29.8 Å². The first kappa shape index (κ1) is 14.4. The third-order valence-electron chi connectivity index (χ3n) is 2.19. The largest absolute Gasteiger partial charge is 0.337 e. The van der Waals surface area contributed by atoms with Gasteiger partial charge in [-0.3, -0.25) is 0 Å². The number of hydrogen-bond acceptors (Lipinski definition) is 2. The fourth-order valence-corrected chi connectivity index (χ4v) is 1.32. The van der Waals surface area contributed by atoms with Crippen molar-refractivity contribution in [3.63, 3.8) is 0 Å². The van der Waals surface area contributed by atoms with Crippen molar-refractivity contribution < 1.29 is 13.6 Å². The number of urea groups is 1. The molecule has 0 spiro atoms. The van der Waals surface area contributed by atoms with E-state index in [4.69, 9.17) is 0 Å². The van der Waals surface area contributed by atoms with Crippen LogP contribution in [0.5, 0.6) is 0 Å². The van der Waals surface area contributed by atoms with Gasteiger partial charge in [-0.15, -0.1) is 0 Å². The first-order valence-electron chi connectivity index (χ1n) is 5.84. The number of nitrogens with one attached hydrogen (secondary N) is 3. The molecule has 2 amide bonds. The van der Waals surface area contributed by atoms with E-state index in [1.54, 1.807) is 0 Å². The lowest BCUT2D eigenvalue weighted by atomic mass is 10.3. The van der Waals surface area contributed by atoms with Crippen LogP contribution in [0.1, 0.15) is 13.3 Å². The molecule has 0 aliphatic heterocycles. The van der Waals surface area contributed by atoms with Crippen LogP contribution in [-0.4, -0.2) is 25.7 Å². The number of carbonyl (C=O) groups excluding carboxylic acids is 1. The van der Waals surface area contributed by atoms with Crippen molar-refractivity contribution in [2.24, 2.45) is 0 Å². The fraction of sp³-hybridized carbons (Fsp3) is 0.417. The zero-order valence-electron chi connectivity index (χ0n) is 10.2. The van der Waals surface area contributed by atoms with Gasteiger partial charge in [-0.05, 0) is 25.1 Å². The van der Waals surface area contributed by atoms with Crippen molar-refractivity contribution in [3.8, 4) is 0 Å². The molecule has 0 radical (unpaired) electrons. The molecule has 0 unspecified atom stereocenters. The number of amides is 2. The van der Waals surface area contributed by atoms with Crippen molar-refractivity contribution in [2.45, 2.75) is 13.3 Å². The molecule has 1 rings (SSSR count). The van der Waals surface area contributed by atoms with E-state index in [9.17, 15) is 13.6 Å². The molecule has 0 heterocycles. The van der Waals surface area contributed by atoms with Crippen LogP contribution < -0.4 is 16.0 Å². The molecule has 0 aliphatic rings. The smallest absolute Gasteiger partial charge is 0.319 e. The third kappa shape index (κ3) is 5.09. The van der Waals surface area contributed by atoms with Crippen LogP contribution in [0.3, 0.4) is 0 Å². The van der Waals surface area contributed by atoms with E-state index < -0.39 is 17.7 Å². The normalized spacial score (nSPS) is 10.2. The summed E-state index contributed by atoms with van der Waals surface area (Å²) in [6.07, 6.45) is 1.02. The van der Waals surface area contributed by atoms with Crippen LogP contribution in [0.4, 0.5) is 19.3 Å². The van der Waals surface area contributed by atoms with Crippen LogP contribution in [0.2, 0.25) is 0 Å². The topological polar surface area (TPSA) is 53.2 Å². The average molecular weight is 257 g/mol.